The van der Waals surface area contributed by atoms with E-state index in [0.29, 0.717) is 6.10 Å². The van der Waals surface area contributed by atoms with E-state index in [9.17, 15) is 0 Å². The average molecular weight is 212 g/mol. The molecular weight excluding hydrogens is 188 g/mol. The van der Waals surface area contributed by atoms with Crippen LogP contribution in [0.25, 0.3) is 0 Å². The summed E-state index contributed by atoms with van der Waals surface area (Å²) >= 11 is 0. The van der Waals surface area contributed by atoms with Crippen LogP contribution in [0.4, 0.5) is 0 Å². The molecule has 1 saturated carbocycles. The van der Waals surface area contributed by atoms with E-state index in [1.807, 2.05) is 7.11 Å². The van der Waals surface area contributed by atoms with Crippen LogP contribution in [0.15, 0.2) is 0 Å². The average Bonchev–Trinajstić information content (AvgIpc) is 2.17. The maximum absolute atomic E-state index is 5.34. The molecule has 0 aromatic carbocycles. The third-order valence-corrected chi connectivity index (χ3v) is 3.96. The van der Waals surface area contributed by atoms with Crippen molar-refractivity contribution in [2.75, 3.05) is 33.8 Å². The van der Waals surface area contributed by atoms with Crippen LogP contribution in [-0.4, -0.2) is 50.8 Å². The molecule has 1 N–H and O–H groups in total. The van der Waals surface area contributed by atoms with E-state index in [1.54, 1.807) is 0 Å². The van der Waals surface area contributed by atoms with E-state index >= 15 is 0 Å². The van der Waals surface area contributed by atoms with Crippen LogP contribution in [-0.2, 0) is 4.74 Å². The molecule has 3 heteroatoms. The van der Waals surface area contributed by atoms with Gasteiger partial charge in [-0.3, -0.25) is 4.90 Å². The molecular formula is C12H24N2O. The van der Waals surface area contributed by atoms with Gasteiger partial charge >= 0.3 is 0 Å². The van der Waals surface area contributed by atoms with Crippen molar-refractivity contribution in [3.05, 3.63) is 0 Å². The molecule has 1 aliphatic heterocycles. The molecule has 88 valence electrons. The molecule has 1 heterocycles. The largest absolute Gasteiger partial charge is 0.381 e. The first-order chi connectivity index (χ1) is 7.33. The Morgan fingerprint density at radius 1 is 1.40 bits per heavy atom. The fourth-order valence-electron chi connectivity index (χ4n) is 2.91. The zero-order valence-corrected chi connectivity index (χ0v) is 10.0. The van der Waals surface area contributed by atoms with E-state index in [4.69, 9.17) is 4.74 Å². The Bertz CT molecular complexity index is 190. The van der Waals surface area contributed by atoms with Crippen molar-refractivity contribution >= 4 is 0 Å². The summed E-state index contributed by atoms with van der Waals surface area (Å²) in [5.41, 5.74) is 0. The van der Waals surface area contributed by atoms with Crippen LogP contribution in [0, 0.1) is 5.92 Å². The Morgan fingerprint density at radius 3 is 2.87 bits per heavy atom. The standard InChI is InChI=1S/C12H24N2O/c1-13-8-10-4-3-5-14(9-10)11-6-12(7-11)15-2/h10-13H,3-9H2,1-2H3. The van der Waals surface area contributed by atoms with Gasteiger partial charge in [-0.25, -0.2) is 0 Å². The van der Waals surface area contributed by atoms with E-state index in [0.717, 1.165) is 12.0 Å². The third-order valence-electron chi connectivity index (χ3n) is 3.96. The molecule has 1 unspecified atom stereocenters. The third kappa shape index (κ3) is 2.71. The van der Waals surface area contributed by atoms with E-state index < -0.39 is 0 Å². The molecule has 0 aromatic heterocycles. The number of ether oxygens (including phenoxy) is 1. The quantitative estimate of drug-likeness (QED) is 0.755. The molecule has 2 aliphatic rings. The number of rotatable bonds is 4. The number of piperidine rings is 1. The van der Waals surface area contributed by atoms with Gasteiger partial charge in [-0.1, -0.05) is 0 Å². The first-order valence-electron chi connectivity index (χ1n) is 6.25. The van der Waals surface area contributed by atoms with Gasteiger partial charge in [0, 0.05) is 19.7 Å². The molecule has 1 atom stereocenters. The predicted octanol–water partition coefficient (Wildman–Crippen LogP) is 1.10. The molecule has 15 heavy (non-hydrogen) atoms. The van der Waals surface area contributed by atoms with Crippen molar-refractivity contribution < 1.29 is 4.74 Å². The molecule has 1 saturated heterocycles. The van der Waals surface area contributed by atoms with Crippen LogP contribution >= 0.6 is 0 Å². The molecule has 0 radical (unpaired) electrons. The summed E-state index contributed by atoms with van der Waals surface area (Å²) in [6.07, 6.45) is 5.82. The lowest BCUT2D eigenvalue weighted by Crippen LogP contribution is -2.52. The maximum Gasteiger partial charge on any atom is 0.0601 e. The maximum atomic E-state index is 5.34. The second kappa shape index (κ2) is 5.28. The first-order valence-corrected chi connectivity index (χ1v) is 6.25. The molecule has 2 rings (SSSR count). The first kappa shape index (κ1) is 11.4. The zero-order chi connectivity index (χ0) is 10.7. The Labute approximate surface area is 93.2 Å². The second-order valence-electron chi connectivity index (χ2n) is 5.04. The summed E-state index contributed by atoms with van der Waals surface area (Å²) in [5, 5.41) is 3.30. The highest BCUT2D eigenvalue weighted by Gasteiger charge is 2.35. The van der Waals surface area contributed by atoms with Crippen LogP contribution in [0.1, 0.15) is 25.7 Å². The van der Waals surface area contributed by atoms with Crippen LogP contribution < -0.4 is 5.32 Å². The summed E-state index contributed by atoms with van der Waals surface area (Å²) in [4.78, 5) is 2.68. The minimum atomic E-state index is 0.541. The van der Waals surface area contributed by atoms with Gasteiger partial charge in [0.15, 0.2) is 0 Å². The lowest BCUT2D eigenvalue weighted by atomic mass is 9.85. The van der Waals surface area contributed by atoms with Gasteiger partial charge in [-0.2, -0.15) is 0 Å². The topological polar surface area (TPSA) is 24.5 Å². The fraction of sp³-hybridized carbons (Fsp3) is 1.00. The van der Waals surface area contributed by atoms with Crippen molar-refractivity contribution in [2.45, 2.75) is 37.8 Å². The molecule has 3 nitrogen and oxygen atoms in total. The lowest BCUT2D eigenvalue weighted by molar-refractivity contribution is -0.0385. The van der Waals surface area contributed by atoms with E-state index in [-0.39, 0.29) is 0 Å². The van der Waals surface area contributed by atoms with Gasteiger partial charge in [0.05, 0.1) is 6.10 Å². The van der Waals surface area contributed by atoms with Gasteiger partial charge in [0.1, 0.15) is 0 Å². The Kier molecular flexibility index (Phi) is 4.00. The fourth-order valence-corrected chi connectivity index (χ4v) is 2.91. The molecule has 0 spiro atoms. The monoisotopic (exact) mass is 212 g/mol. The van der Waals surface area contributed by atoms with Crippen LogP contribution in [0.2, 0.25) is 0 Å². The van der Waals surface area contributed by atoms with Gasteiger partial charge < -0.3 is 10.1 Å². The van der Waals surface area contributed by atoms with Crippen molar-refractivity contribution in [3.63, 3.8) is 0 Å². The molecule has 0 bridgehead atoms. The lowest BCUT2D eigenvalue weighted by Gasteiger charge is -2.45. The zero-order valence-electron chi connectivity index (χ0n) is 10.0. The highest BCUT2D eigenvalue weighted by Crippen LogP contribution is 2.30. The van der Waals surface area contributed by atoms with E-state index in [2.05, 4.69) is 17.3 Å². The van der Waals surface area contributed by atoms with Crippen molar-refractivity contribution in [1.82, 2.24) is 10.2 Å². The molecule has 0 aromatic rings. The van der Waals surface area contributed by atoms with Crippen molar-refractivity contribution in [1.29, 1.82) is 0 Å². The summed E-state index contributed by atoms with van der Waals surface area (Å²) in [5.74, 6) is 0.866. The number of nitrogens with zero attached hydrogens (tertiary/aromatic N) is 1. The van der Waals surface area contributed by atoms with Gasteiger partial charge in [-0.05, 0) is 51.7 Å². The van der Waals surface area contributed by atoms with Crippen molar-refractivity contribution in [2.24, 2.45) is 5.92 Å². The van der Waals surface area contributed by atoms with Gasteiger partial charge in [0.2, 0.25) is 0 Å². The number of nitrogens with one attached hydrogen (secondary N) is 1. The number of hydrogen-bond acceptors (Lipinski definition) is 3. The van der Waals surface area contributed by atoms with Crippen LogP contribution in [0.5, 0.6) is 0 Å². The number of likely N-dealkylation sites (tertiary alicyclic amines) is 1. The Morgan fingerprint density at radius 2 is 2.20 bits per heavy atom. The Balaban J connectivity index is 1.73. The second-order valence-corrected chi connectivity index (χ2v) is 5.04. The smallest absolute Gasteiger partial charge is 0.0601 e. The normalized spacial score (nSPS) is 37.6. The highest BCUT2D eigenvalue weighted by molar-refractivity contribution is 4.90. The molecule has 2 fully saturated rings. The van der Waals surface area contributed by atoms with Crippen molar-refractivity contribution in [3.8, 4) is 0 Å². The van der Waals surface area contributed by atoms with Crippen LogP contribution in [0.3, 0.4) is 0 Å². The SMILES string of the molecule is CNCC1CCCN(C2CC(OC)C2)C1. The molecule has 0 amide bonds. The minimum Gasteiger partial charge on any atom is -0.381 e. The van der Waals surface area contributed by atoms with Gasteiger partial charge in [-0.15, -0.1) is 0 Å². The Hall–Kier alpha value is -0.120. The summed E-state index contributed by atoms with van der Waals surface area (Å²) in [6, 6.07) is 0.814. The van der Waals surface area contributed by atoms with E-state index in [1.165, 1.54) is 45.3 Å². The molecule has 1 aliphatic carbocycles. The highest BCUT2D eigenvalue weighted by atomic mass is 16.5. The minimum absolute atomic E-state index is 0.541. The number of methoxy groups -OCH3 is 1. The van der Waals surface area contributed by atoms with Gasteiger partial charge in [0.25, 0.3) is 0 Å². The predicted molar refractivity (Wildman–Crippen MR) is 62.0 cm³/mol. The number of hydrogen-bond donors (Lipinski definition) is 1. The summed E-state index contributed by atoms with van der Waals surface area (Å²) in [6.45, 7) is 3.78. The summed E-state index contributed by atoms with van der Waals surface area (Å²) in [7, 11) is 3.89. The summed E-state index contributed by atoms with van der Waals surface area (Å²) < 4.78 is 5.34.